The highest BCUT2D eigenvalue weighted by Gasteiger charge is 2.29. The van der Waals surface area contributed by atoms with Crippen molar-refractivity contribution < 1.29 is 27.8 Å². The Bertz CT molecular complexity index is 1470. The largest absolute Gasteiger partial charge is 0.458 e. The number of rotatable bonds is 6. The van der Waals surface area contributed by atoms with Gasteiger partial charge in [0.15, 0.2) is 0 Å². The van der Waals surface area contributed by atoms with Crippen LogP contribution in [-0.2, 0) is 9.53 Å². The number of aliphatic hydroxyl groups is 1. The number of nitrogens with one attached hydrogen (secondary N) is 1. The molecule has 7 nitrogen and oxygen atoms in total. The molecule has 208 valence electrons. The minimum atomic E-state index is -0.781. The number of hydrogen-bond acceptors (Lipinski definition) is 6. The Morgan fingerprint density at radius 3 is 2.48 bits per heavy atom. The van der Waals surface area contributed by atoms with Gasteiger partial charge in [-0.15, -0.1) is 0 Å². The summed E-state index contributed by atoms with van der Waals surface area (Å²) in [5.41, 5.74) is 2.37. The van der Waals surface area contributed by atoms with Crippen LogP contribution in [0.1, 0.15) is 56.5 Å². The van der Waals surface area contributed by atoms with E-state index in [-0.39, 0.29) is 36.2 Å². The highest BCUT2D eigenvalue weighted by Crippen LogP contribution is 2.37. The molecule has 3 aromatic rings. The number of benzene rings is 2. The average Bonchev–Trinajstić information content (AvgIpc) is 3.27. The number of hydrogen-bond donors (Lipinski definition) is 2. The van der Waals surface area contributed by atoms with Crippen molar-refractivity contribution in [2.24, 2.45) is 4.99 Å². The van der Waals surface area contributed by atoms with Gasteiger partial charge in [0.05, 0.1) is 23.9 Å². The number of anilines is 1. The molecule has 0 bridgehead atoms. The van der Waals surface area contributed by atoms with Gasteiger partial charge in [-0.1, -0.05) is 19.9 Å². The van der Waals surface area contributed by atoms with Crippen LogP contribution in [0.5, 0.6) is 0 Å². The Morgan fingerprint density at radius 1 is 1.07 bits per heavy atom. The van der Waals surface area contributed by atoms with Crippen molar-refractivity contribution in [2.45, 2.75) is 57.2 Å². The lowest BCUT2D eigenvalue weighted by atomic mass is 9.94. The maximum Gasteiger partial charge on any atom is 0.309 e. The van der Waals surface area contributed by atoms with Crippen molar-refractivity contribution in [2.75, 3.05) is 5.32 Å². The van der Waals surface area contributed by atoms with Crippen LogP contribution in [0.4, 0.5) is 18.9 Å². The SMILES string of the molecule is CC(C)c1nc(-c2ccc(F)cc2)c(C2C=CN=C(Nc3cc(F)cc(F)c3)C2)n1/C=C/[C@@H]1C[C@@H](O)CC(=O)O1. The number of cyclic esters (lactones) is 1. The van der Waals surface area contributed by atoms with E-state index >= 15 is 0 Å². The van der Waals surface area contributed by atoms with E-state index in [1.807, 2.05) is 24.5 Å². The Balaban J connectivity index is 1.55. The molecule has 2 aromatic carbocycles. The summed E-state index contributed by atoms with van der Waals surface area (Å²) in [6.45, 7) is 4.00. The molecular weight excluding hydrogens is 521 g/mol. The van der Waals surface area contributed by atoms with Gasteiger partial charge in [-0.05, 0) is 42.5 Å². The van der Waals surface area contributed by atoms with E-state index in [9.17, 15) is 23.1 Å². The fraction of sp³-hybridized carbons (Fsp3) is 0.300. The van der Waals surface area contributed by atoms with Crippen LogP contribution in [0.2, 0.25) is 0 Å². The molecule has 1 unspecified atom stereocenters. The van der Waals surface area contributed by atoms with E-state index < -0.39 is 29.8 Å². The van der Waals surface area contributed by atoms with Crippen LogP contribution in [-0.4, -0.2) is 38.7 Å². The van der Waals surface area contributed by atoms with E-state index in [4.69, 9.17) is 9.72 Å². The van der Waals surface area contributed by atoms with Gasteiger partial charge < -0.3 is 19.7 Å². The summed E-state index contributed by atoms with van der Waals surface area (Å²) in [5, 5.41) is 13.1. The van der Waals surface area contributed by atoms with Crippen LogP contribution in [0.25, 0.3) is 17.5 Å². The Labute approximate surface area is 229 Å². The molecule has 2 aliphatic heterocycles. The zero-order chi connectivity index (χ0) is 28.4. The van der Waals surface area contributed by atoms with Crippen LogP contribution in [0.3, 0.4) is 0 Å². The minimum Gasteiger partial charge on any atom is -0.458 e. The van der Waals surface area contributed by atoms with Crippen LogP contribution in [0, 0.1) is 17.5 Å². The average molecular weight is 551 g/mol. The van der Waals surface area contributed by atoms with Gasteiger partial charge in [-0.3, -0.25) is 4.79 Å². The van der Waals surface area contributed by atoms with Crippen molar-refractivity contribution >= 4 is 23.7 Å². The lowest BCUT2D eigenvalue weighted by Crippen LogP contribution is -2.31. The maximum atomic E-state index is 13.8. The van der Waals surface area contributed by atoms with Crippen molar-refractivity contribution in [3.05, 3.63) is 89.8 Å². The topological polar surface area (TPSA) is 88.7 Å². The van der Waals surface area contributed by atoms with E-state index in [0.717, 1.165) is 17.6 Å². The molecule has 10 heteroatoms. The first-order valence-electron chi connectivity index (χ1n) is 13.1. The minimum absolute atomic E-state index is 0.00815. The van der Waals surface area contributed by atoms with Gasteiger partial charge in [-0.25, -0.2) is 23.1 Å². The Hall–Kier alpha value is -4.18. The molecule has 1 saturated heterocycles. The molecule has 3 atom stereocenters. The normalized spacial score (nSPS) is 21.1. The molecule has 0 amide bonds. The first kappa shape index (κ1) is 27.4. The Morgan fingerprint density at radius 2 is 1.80 bits per heavy atom. The zero-order valence-corrected chi connectivity index (χ0v) is 22.0. The van der Waals surface area contributed by atoms with Crippen LogP contribution >= 0.6 is 0 Å². The molecule has 1 fully saturated rings. The number of aromatic nitrogens is 2. The number of aliphatic imine (C=N–C) groups is 1. The molecule has 0 radical (unpaired) electrons. The number of nitrogens with zero attached hydrogens (tertiary/aromatic N) is 3. The third kappa shape index (κ3) is 6.17. The monoisotopic (exact) mass is 550 g/mol. The molecule has 40 heavy (non-hydrogen) atoms. The summed E-state index contributed by atoms with van der Waals surface area (Å²) < 4.78 is 48.7. The van der Waals surface area contributed by atoms with Gasteiger partial charge in [0.1, 0.15) is 35.2 Å². The number of halogens is 3. The fourth-order valence-corrected chi connectivity index (χ4v) is 4.94. The number of imidazole rings is 1. The quantitative estimate of drug-likeness (QED) is 0.360. The number of ether oxygens (including phenoxy) is 1. The molecule has 2 N–H and O–H groups in total. The van der Waals surface area contributed by atoms with Gasteiger partial charge in [0.25, 0.3) is 0 Å². The predicted octanol–water partition coefficient (Wildman–Crippen LogP) is 6.14. The maximum absolute atomic E-state index is 13.8. The van der Waals surface area contributed by atoms with Gasteiger partial charge in [-0.2, -0.15) is 0 Å². The second-order valence-corrected chi connectivity index (χ2v) is 10.2. The summed E-state index contributed by atoms with van der Waals surface area (Å²) in [4.78, 5) is 21.2. The van der Waals surface area contributed by atoms with Crippen LogP contribution in [0.15, 0.2) is 65.8 Å². The summed E-state index contributed by atoms with van der Waals surface area (Å²) >= 11 is 0. The highest BCUT2D eigenvalue weighted by molar-refractivity contribution is 5.97. The number of aliphatic hydroxyl groups excluding tert-OH is 1. The number of allylic oxidation sites excluding steroid dienone is 1. The molecular formula is C30H29F3N4O3. The van der Waals surface area contributed by atoms with Gasteiger partial charge in [0, 0.05) is 54.4 Å². The number of esters is 1. The molecule has 1 aromatic heterocycles. The van der Waals surface area contributed by atoms with Crippen molar-refractivity contribution in [1.82, 2.24) is 9.55 Å². The standard InChI is InChI=1S/C30H29F3N4O3/c1-17(2)30-36-28(18-3-5-20(31)6-4-18)29(37(30)10-8-25-15-24(38)16-27(39)40-25)19-7-9-34-26(11-19)35-23-13-21(32)12-22(33)14-23/h3-10,12-14,17,19,24-25,38H,11,15-16H2,1-2H3,(H,34,35)/b10-8+/t19?,24-,25-/m1/s1. The molecule has 2 aliphatic rings. The van der Waals surface area contributed by atoms with Gasteiger partial charge in [0.2, 0.25) is 0 Å². The first-order valence-corrected chi connectivity index (χ1v) is 13.1. The van der Waals surface area contributed by atoms with Crippen LogP contribution < -0.4 is 5.32 Å². The van der Waals surface area contributed by atoms with Crippen molar-refractivity contribution in [3.8, 4) is 11.3 Å². The van der Waals surface area contributed by atoms with Crippen molar-refractivity contribution in [1.29, 1.82) is 0 Å². The number of carbonyl (C=O) groups excluding carboxylic acids is 1. The molecule has 0 aliphatic carbocycles. The highest BCUT2D eigenvalue weighted by atomic mass is 19.1. The van der Waals surface area contributed by atoms with Crippen molar-refractivity contribution in [3.63, 3.8) is 0 Å². The molecule has 5 rings (SSSR count). The summed E-state index contributed by atoms with van der Waals surface area (Å²) in [6.07, 6.45) is 6.25. The fourth-order valence-electron chi connectivity index (χ4n) is 4.94. The number of amidine groups is 1. The van der Waals surface area contributed by atoms with Gasteiger partial charge >= 0.3 is 5.97 Å². The third-order valence-corrected chi connectivity index (χ3v) is 6.71. The molecule has 0 spiro atoms. The molecule has 0 saturated carbocycles. The Kier molecular flexibility index (Phi) is 7.88. The summed E-state index contributed by atoms with van der Waals surface area (Å²) in [5.74, 6) is -1.31. The smallest absolute Gasteiger partial charge is 0.309 e. The first-order chi connectivity index (χ1) is 19.2. The summed E-state index contributed by atoms with van der Waals surface area (Å²) in [6, 6.07) is 9.23. The van der Waals surface area contributed by atoms with E-state index in [1.54, 1.807) is 30.6 Å². The van der Waals surface area contributed by atoms with E-state index in [2.05, 4.69) is 10.3 Å². The lowest BCUT2D eigenvalue weighted by molar-refractivity contribution is -0.156. The molecule has 3 heterocycles. The number of carbonyl (C=O) groups is 1. The van der Waals surface area contributed by atoms with E-state index in [0.29, 0.717) is 23.5 Å². The van der Waals surface area contributed by atoms with E-state index in [1.165, 1.54) is 24.3 Å². The lowest BCUT2D eigenvalue weighted by Gasteiger charge is -2.24. The second-order valence-electron chi connectivity index (χ2n) is 10.2. The predicted molar refractivity (Wildman–Crippen MR) is 146 cm³/mol. The zero-order valence-electron chi connectivity index (χ0n) is 22.0. The second kappa shape index (κ2) is 11.5. The third-order valence-electron chi connectivity index (χ3n) is 6.71. The summed E-state index contributed by atoms with van der Waals surface area (Å²) in [7, 11) is 0.